The molecule has 21 heavy (non-hydrogen) atoms. The number of carbonyl (C=O) groups is 1. The summed E-state index contributed by atoms with van der Waals surface area (Å²) in [6.45, 7) is 0. The number of aromatic nitrogens is 2. The Morgan fingerprint density at radius 1 is 1.33 bits per heavy atom. The van der Waals surface area contributed by atoms with Gasteiger partial charge in [0.25, 0.3) is 0 Å². The SMILES string of the molecule is NC1(c2noc(C3CC(=O)Nc4ccccc43)n2)CCC1. The number of para-hydroxylation sites is 1. The third-order valence-electron chi connectivity index (χ3n) is 4.43. The second-order valence-electron chi connectivity index (χ2n) is 5.86. The van der Waals surface area contributed by atoms with Crippen LogP contribution in [0.25, 0.3) is 0 Å². The molecule has 2 aliphatic rings. The quantitative estimate of drug-likeness (QED) is 0.878. The second-order valence-corrected chi connectivity index (χ2v) is 5.86. The van der Waals surface area contributed by atoms with E-state index in [1.54, 1.807) is 0 Å². The summed E-state index contributed by atoms with van der Waals surface area (Å²) < 4.78 is 5.41. The number of fused-ring (bicyclic) bond motifs is 1. The highest BCUT2D eigenvalue weighted by Gasteiger charge is 2.40. The third kappa shape index (κ3) is 1.94. The molecule has 0 spiro atoms. The van der Waals surface area contributed by atoms with Gasteiger partial charge < -0.3 is 15.6 Å². The molecule has 1 saturated carbocycles. The fourth-order valence-corrected chi connectivity index (χ4v) is 2.99. The fraction of sp³-hybridized carbons (Fsp3) is 0.400. The number of anilines is 1. The molecule has 3 N–H and O–H groups in total. The number of carbonyl (C=O) groups excluding carboxylic acids is 1. The molecule has 1 amide bonds. The molecule has 2 heterocycles. The van der Waals surface area contributed by atoms with Gasteiger partial charge in [-0.2, -0.15) is 4.98 Å². The minimum Gasteiger partial charge on any atom is -0.339 e. The van der Waals surface area contributed by atoms with Crippen molar-refractivity contribution in [3.05, 3.63) is 41.5 Å². The van der Waals surface area contributed by atoms with Crippen LogP contribution in [0.5, 0.6) is 0 Å². The second kappa shape index (κ2) is 4.39. The van der Waals surface area contributed by atoms with Crippen LogP contribution in [0, 0.1) is 0 Å². The first-order valence-corrected chi connectivity index (χ1v) is 7.17. The number of nitrogens with zero attached hydrogens (tertiary/aromatic N) is 2. The highest BCUT2D eigenvalue weighted by molar-refractivity contribution is 5.95. The van der Waals surface area contributed by atoms with Gasteiger partial charge in [-0.05, 0) is 30.9 Å². The summed E-state index contributed by atoms with van der Waals surface area (Å²) >= 11 is 0. The number of hydrogen-bond donors (Lipinski definition) is 2. The molecule has 0 bridgehead atoms. The van der Waals surface area contributed by atoms with Gasteiger partial charge in [-0.15, -0.1) is 0 Å². The fourth-order valence-electron chi connectivity index (χ4n) is 2.99. The lowest BCUT2D eigenvalue weighted by atomic mass is 9.77. The Labute approximate surface area is 121 Å². The molecular formula is C15H16N4O2. The van der Waals surface area contributed by atoms with E-state index in [1.807, 2.05) is 24.3 Å². The summed E-state index contributed by atoms with van der Waals surface area (Å²) in [5.41, 5.74) is 7.59. The van der Waals surface area contributed by atoms with Gasteiger partial charge in [-0.25, -0.2) is 0 Å². The zero-order chi connectivity index (χ0) is 14.4. The Bertz CT molecular complexity index is 705. The summed E-state index contributed by atoms with van der Waals surface area (Å²) in [4.78, 5) is 16.3. The molecule has 1 fully saturated rings. The van der Waals surface area contributed by atoms with E-state index in [9.17, 15) is 4.79 Å². The maximum absolute atomic E-state index is 11.9. The van der Waals surface area contributed by atoms with Crippen molar-refractivity contribution in [3.8, 4) is 0 Å². The first-order chi connectivity index (χ1) is 10.2. The topological polar surface area (TPSA) is 94.0 Å². The van der Waals surface area contributed by atoms with Crippen molar-refractivity contribution >= 4 is 11.6 Å². The van der Waals surface area contributed by atoms with Gasteiger partial charge >= 0.3 is 0 Å². The molecule has 1 aromatic carbocycles. The van der Waals surface area contributed by atoms with Gasteiger partial charge in [0.05, 0.1) is 11.5 Å². The summed E-state index contributed by atoms with van der Waals surface area (Å²) in [5, 5.41) is 6.91. The average Bonchev–Trinajstić information content (AvgIpc) is 2.93. The van der Waals surface area contributed by atoms with Crippen LogP contribution in [0.2, 0.25) is 0 Å². The summed E-state index contributed by atoms with van der Waals surface area (Å²) in [7, 11) is 0. The van der Waals surface area contributed by atoms with Crippen molar-refractivity contribution in [2.45, 2.75) is 37.1 Å². The molecule has 6 heteroatoms. The molecule has 108 valence electrons. The number of rotatable bonds is 2. The molecule has 1 unspecified atom stereocenters. The number of benzene rings is 1. The van der Waals surface area contributed by atoms with Crippen molar-refractivity contribution in [1.29, 1.82) is 0 Å². The first kappa shape index (κ1) is 12.5. The van der Waals surface area contributed by atoms with E-state index in [-0.39, 0.29) is 11.8 Å². The maximum Gasteiger partial charge on any atom is 0.234 e. The van der Waals surface area contributed by atoms with Gasteiger partial charge in [0.1, 0.15) is 0 Å². The Morgan fingerprint density at radius 2 is 2.14 bits per heavy atom. The summed E-state index contributed by atoms with van der Waals surface area (Å²) in [6, 6.07) is 7.69. The summed E-state index contributed by atoms with van der Waals surface area (Å²) in [5.74, 6) is 0.806. The van der Waals surface area contributed by atoms with E-state index in [1.165, 1.54) is 0 Å². The van der Waals surface area contributed by atoms with Gasteiger partial charge in [-0.1, -0.05) is 23.4 Å². The lowest BCUT2D eigenvalue weighted by Crippen LogP contribution is -2.44. The molecule has 1 aliphatic carbocycles. The zero-order valence-corrected chi connectivity index (χ0v) is 11.5. The van der Waals surface area contributed by atoms with Gasteiger partial charge in [0, 0.05) is 12.1 Å². The lowest BCUT2D eigenvalue weighted by Gasteiger charge is -2.34. The predicted molar refractivity (Wildman–Crippen MR) is 75.5 cm³/mol. The molecule has 6 nitrogen and oxygen atoms in total. The van der Waals surface area contributed by atoms with E-state index < -0.39 is 5.54 Å². The maximum atomic E-state index is 11.9. The number of amides is 1. The van der Waals surface area contributed by atoms with Crippen LogP contribution in [-0.2, 0) is 10.3 Å². The van der Waals surface area contributed by atoms with E-state index in [0.717, 1.165) is 30.5 Å². The van der Waals surface area contributed by atoms with Crippen LogP contribution in [-0.4, -0.2) is 16.0 Å². The zero-order valence-electron chi connectivity index (χ0n) is 11.5. The number of nitrogens with one attached hydrogen (secondary N) is 1. The van der Waals surface area contributed by atoms with E-state index >= 15 is 0 Å². The van der Waals surface area contributed by atoms with Crippen LogP contribution in [0.4, 0.5) is 5.69 Å². The lowest BCUT2D eigenvalue weighted by molar-refractivity contribution is -0.116. The highest BCUT2D eigenvalue weighted by Crippen LogP contribution is 2.40. The van der Waals surface area contributed by atoms with Crippen LogP contribution in [0.1, 0.15) is 48.9 Å². The van der Waals surface area contributed by atoms with Gasteiger partial charge in [0.2, 0.25) is 11.8 Å². The van der Waals surface area contributed by atoms with Crippen LogP contribution >= 0.6 is 0 Å². The van der Waals surface area contributed by atoms with Crippen molar-refractivity contribution < 1.29 is 9.32 Å². The Morgan fingerprint density at radius 3 is 2.90 bits per heavy atom. The van der Waals surface area contributed by atoms with E-state index in [4.69, 9.17) is 10.3 Å². The summed E-state index contributed by atoms with van der Waals surface area (Å²) in [6.07, 6.45) is 3.17. The Hall–Kier alpha value is -2.21. The molecule has 1 atom stereocenters. The average molecular weight is 284 g/mol. The van der Waals surface area contributed by atoms with Gasteiger partial charge in [0.15, 0.2) is 5.82 Å². The molecule has 0 saturated heterocycles. The molecule has 0 radical (unpaired) electrons. The third-order valence-corrected chi connectivity index (χ3v) is 4.43. The number of hydrogen-bond acceptors (Lipinski definition) is 5. The molecular weight excluding hydrogens is 268 g/mol. The first-order valence-electron chi connectivity index (χ1n) is 7.17. The minimum absolute atomic E-state index is 0.0374. The van der Waals surface area contributed by atoms with Crippen molar-refractivity contribution in [1.82, 2.24) is 10.1 Å². The predicted octanol–water partition coefficient (Wildman–Crippen LogP) is 1.88. The number of nitrogens with two attached hydrogens (primary N) is 1. The molecule has 1 aromatic heterocycles. The molecule has 4 rings (SSSR count). The Kier molecular flexibility index (Phi) is 2.62. The van der Waals surface area contributed by atoms with Crippen LogP contribution < -0.4 is 11.1 Å². The normalized spacial score (nSPS) is 23.1. The van der Waals surface area contributed by atoms with Crippen molar-refractivity contribution in [2.24, 2.45) is 5.73 Å². The monoisotopic (exact) mass is 284 g/mol. The van der Waals surface area contributed by atoms with Crippen molar-refractivity contribution in [2.75, 3.05) is 5.32 Å². The molecule has 1 aliphatic heterocycles. The van der Waals surface area contributed by atoms with Gasteiger partial charge in [-0.3, -0.25) is 4.79 Å². The largest absolute Gasteiger partial charge is 0.339 e. The Balaban J connectivity index is 1.72. The minimum atomic E-state index is -0.446. The van der Waals surface area contributed by atoms with Crippen molar-refractivity contribution in [3.63, 3.8) is 0 Å². The highest BCUT2D eigenvalue weighted by atomic mass is 16.5. The standard InChI is InChI=1S/C15H16N4O2/c16-15(6-3-7-15)14-18-13(21-19-14)10-8-12(20)17-11-5-2-1-4-9(10)11/h1-2,4-5,10H,3,6-8,16H2,(H,17,20). The smallest absolute Gasteiger partial charge is 0.234 e. The molecule has 2 aromatic rings. The van der Waals surface area contributed by atoms with E-state index in [0.29, 0.717) is 18.1 Å². The van der Waals surface area contributed by atoms with Crippen LogP contribution in [0.3, 0.4) is 0 Å². The van der Waals surface area contributed by atoms with Crippen LogP contribution in [0.15, 0.2) is 28.8 Å². The van der Waals surface area contributed by atoms with E-state index in [2.05, 4.69) is 15.5 Å².